The molecule has 1 N–H and O–H groups in total. The Hall–Kier alpha value is -2.31. The molecule has 0 aliphatic carbocycles. The van der Waals surface area contributed by atoms with E-state index in [-0.39, 0.29) is 24.1 Å². The molecule has 5 nitrogen and oxygen atoms in total. The summed E-state index contributed by atoms with van der Waals surface area (Å²) < 4.78 is 26.4. The van der Waals surface area contributed by atoms with E-state index in [1.54, 1.807) is 6.92 Å². The number of carboxylic acid groups (broad SMARTS) is 1. The first-order valence-electron chi connectivity index (χ1n) is 6.30. The second kappa shape index (κ2) is 4.91. The van der Waals surface area contributed by atoms with Gasteiger partial charge in [0, 0.05) is 6.54 Å². The van der Waals surface area contributed by atoms with E-state index < -0.39 is 34.8 Å². The van der Waals surface area contributed by atoms with Crippen LogP contribution in [-0.4, -0.2) is 34.3 Å². The van der Waals surface area contributed by atoms with Gasteiger partial charge in [0.15, 0.2) is 11.6 Å². The van der Waals surface area contributed by atoms with Crippen LogP contribution in [0.5, 0.6) is 0 Å². The largest absolute Gasteiger partial charge is 0.481 e. The summed E-state index contributed by atoms with van der Waals surface area (Å²) in [6.07, 6.45) is 0.193. The van der Waals surface area contributed by atoms with Crippen molar-refractivity contribution in [3.63, 3.8) is 0 Å². The summed E-state index contributed by atoms with van der Waals surface area (Å²) in [6.45, 7) is 2.67. The van der Waals surface area contributed by atoms with Gasteiger partial charge in [0.2, 0.25) is 0 Å². The first-order chi connectivity index (χ1) is 9.71. The lowest BCUT2D eigenvalue weighted by molar-refractivity contribution is -0.148. The molecule has 0 saturated heterocycles. The van der Waals surface area contributed by atoms with Gasteiger partial charge in [-0.3, -0.25) is 19.3 Å². The minimum Gasteiger partial charge on any atom is -0.481 e. The first-order valence-corrected chi connectivity index (χ1v) is 6.30. The van der Waals surface area contributed by atoms with Crippen molar-refractivity contribution in [2.75, 3.05) is 6.54 Å². The molecule has 2 rings (SSSR count). The quantitative estimate of drug-likeness (QED) is 0.863. The maximum atomic E-state index is 13.2. The third-order valence-corrected chi connectivity index (χ3v) is 3.82. The van der Waals surface area contributed by atoms with Crippen LogP contribution in [0, 0.1) is 17.0 Å². The Morgan fingerprint density at radius 2 is 1.62 bits per heavy atom. The molecule has 0 aromatic heterocycles. The summed E-state index contributed by atoms with van der Waals surface area (Å²) >= 11 is 0. The van der Waals surface area contributed by atoms with Gasteiger partial charge in [0.1, 0.15) is 0 Å². The van der Waals surface area contributed by atoms with Crippen LogP contribution in [0.15, 0.2) is 12.1 Å². The molecule has 0 radical (unpaired) electrons. The molecule has 1 aromatic carbocycles. The lowest BCUT2D eigenvalue weighted by atomic mass is 9.87. The minimum atomic E-state index is -1.32. The molecule has 1 heterocycles. The maximum Gasteiger partial charge on any atom is 0.311 e. The molecule has 112 valence electrons. The summed E-state index contributed by atoms with van der Waals surface area (Å²) in [6, 6.07) is 1.32. The third kappa shape index (κ3) is 2.28. The number of hydrogen-bond acceptors (Lipinski definition) is 3. The number of rotatable bonds is 4. The number of carboxylic acids is 1. The fourth-order valence-corrected chi connectivity index (χ4v) is 2.11. The minimum absolute atomic E-state index is 0.193. The topological polar surface area (TPSA) is 74.7 Å². The first kappa shape index (κ1) is 15.1. The summed E-state index contributed by atoms with van der Waals surface area (Å²) in [5, 5.41) is 9.20. The van der Waals surface area contributed by atoms with E-state index in [9.17, 15) is 28.3 Å². The van der Waals surface area contributed by atoms with Gasteiger partial charge in [-0.15, -0.1) is 0 Å². The van der Waals surface area contributed by atoms with Crippen LogP contribution in [0.1, 0.15) is 41.0 Å². The van der Waals surface area contributed by atoms with E-state index >= 15 is 0 Å². The highest BCUT2D eigenvalue weighted by molar-refractivity contribution is 6.21. The van der Waals surface area contributed by atoms with E-state index in [2.05, 4.69) is 0 Å². The van der Waals surface area contributed by atoms with Crippen molar-refractivity contribution in [2.45, 2.75) is 20.3 Å². The molecule has 0 spiro atoms. The number of carbonyl (C=O) groups is 3. The van der Waals surface area contributed by atoms with Gasteiger partial charge in [0.25, 0.3) is 11.8 Å². The van der Waals surface area contributed by atoms with Crippen LogP contribution in [0.25, 0.3) is 0 Å². The van der Waals surface area contributed by atoms with Gasteiger partial charge in [0.05, 0.1) is 16.5 Å². The van der Waals surface area contributed by atoms with Crippen LogP contribution in [0.4, 0.5) is 8.78 Å². The number of amides is 2. The highest BCUT2D eigenvalue weighted by atomic mass is 19.2. The van der Waals surface area contributed by atoms with Gasteiger partial charge in [-0.25, -0.2) is 8.78 Å². The van der Waals surface area contributed by atoms with E-state index in [0.717, 1.165) is 4.90 Å². The van der Waals surface area contributed by atoms with E-state index in [0.29, 0.717) is 12.1 Å². The molecule has 1 aromatic rings. The Labute approximate surface area is 119 Å². The lowest BCUT2D eigenvalue weighted by Crippen LogP contribution is -2.43. The SMILES string of the molecule is CCC(C)(CN1C(=O)c2cc(F)c(F)cc2C1=O)C(=O)O. The Morgan fingerprint density at radius 1 is 1.19 bits per heavy atom. The zero-order valence-electron chi connectivity index (χ0n) is 11.4. The third-order valence-electron chi connectivity index (χ3n) is 3.82. The van der Waals surface area contributed by atoms with Gasteiger partial charge in [-0.1, -0.05) is 6.92 Å². The smallest absolute Gasteiger partial charge is 0.311 e. The van der Waals surface area contributed by atoms with Crippen molar-refractivity contribution in [2.24, 2.45) is 5.41 Å². The Kier molecular flexibility index (Phi) is 3.52. The van der Waals surface area contributed by atoms with E-state index in [1.165, 1.54) is 6.92 Å². The maximum absolute atomic E-state index is 13.2. The predicted molar refractivity (Wildman–Crippen MR) is 67.8 cm³/mol. The molecular formula is C14H13F2NO4. The number of nitrogens with zero attached hydrogens (tertiary/aromatic N) is 1. The number of aliphatic carboxylic acids is 1. The van der Waals surface area contributed by atoms with Crippen molar-refractivity contribution in [3.8, 4) is 0 Å². The van der Waals surface area contributed by atoms with Crippen LogP contribution in [-0.2, 0) is 4.79 Å². The second-order valence-electron chi connectivity index (χ2n) is 5.23. The van der Waals surface area contributed by atoms with Crippen molar-refractivity contribution < 1.29 is 28.3 Å². The van der Waals surface area contributed by atoms with Crippen LogP contribution in [0.2, 0.25) is 0 Å². The van der Waals surface area contributed by atoms with Crippen molar-refractivity contribution in [1.82, 2.24) is 4.90 Å². The molecule has 21 heavy (non-hydrogen) atoms. The fourth-order valence-electron chi connectivity index (χ4n) is 2.11. The molecule has 0 fully saturated rings. The number of benzene rings is 1. The molecule has 1 aliphatic rings. The lowest BCUT2D eigenvalue weighted by Gasteiger charge is -2.27. The van der Waals surface area contributed by atoms with E-state index in [1.807, 2.05) is 0 Å². The van der Waals surface area contributed by atoms with Crippen molar-refractivity contribution in [1.29, 1.82) is 0 Å². The Balaban J connectivity index is 2.40. The summed E-state index contributed by atoms with van der Waals surface area (Å²) in [5.41, 5.74) is -1.81. The molecule has 1 atom stereocenters. The zero-order chi connectivity index (χ0) is 15.9. The van der Waals surface area contributed by atoms with Gasteiger partial charge in [-0.2, -0.15) is 0 Å². The standard InChI is InChI=1S/C14H13F2NO4/c1-3-14(2,13(20)21)6-17-11(18)7-4-9(15)10(16)5-8(7)12(17)19/h4-5H,3,6H2,1-2H3,(H,20,21). The average molecular weight is 297 g/mol. The molecule has 1 unspecified atom stereocenters. The zero-order valence-corrected chi connectivity index (χ0v) is 11.4. The number of carbonyl (C=O) groups excluding carboxylic acids is 2. The number of imide groups is 1. The Morgan fingerprint density at radius 3 is 1.95 bits per heavy atom. The van der Waals surface area contributed by atoms with Crippen molar-refractivity contribution in [3.05, 3.63) is 34.9 Å². The van der Waals surface area contributed by atoms with Gasteiger partial charge < -0.3 is 5.11 Å². The number of fused-ring (bicyclic) bond motifs is 1. The average Bonchev–Trinajstić information content (AvgIpc) is 2.64. The summed E-state index contributed by atoms with van der Waals surface area (Å²) in [7, 11) is 0. The number of hydrogen-bond donors (Lipinski definition) is 1. The monoisotopic (exact) mass is 297 g/mol. The van der Waals surface area contributed by atoms with Crippen LogP contribution >= 0.6 is 0 Å². The molecule has 7 heteroatoms. The van der Waals surface area contributed by atoms with Gasteiger partial charge in [-0.05, 0) is 25.5 Å². The highest BCUT2D eigenvalue weighted by Crippen LogP contribution is 2.30. The van der Waals surface area contributed by atoms with Gasteiger partial charge >= 0.3 is 5.97 Å². The predicted octanol–water partition coefficient (Wildman–Crippen LogP) is 2.06. The molecule has 1 aliphatic heterocycles. The molecule has 0 saturated carbocycles. The normalized spacial score (nSPS) is 16.9. The van der Waals surface area contributed by atoms with Crippen LogP contribution < -0.4 is 0 Å². The molecule has 2 amide bonds. The Bertz CT molecular complexity index is 618. The number of halogens is 2. The highest BCUT2D eigenvalue weighted by Gasteiger charge is 2.43. The summed E-state index contributed by atoms with van der Waals surface area (Å²) in [4.78, 5) is 36.2. The van der Waals surface area contributed by atoms with Crippen molar-refractivity contribution >= 4 is 17.8 Å². The van der Waals surface area contributed by atoms with E-state index in [4.69, 9.17) is 0 Å². The molecular weight excluding hydrogens is 284 g/mol. The van der Waals surface area contributed by atoms with Crippen LogP contribution in [0.3, 0.4) is 0 Å². The molecule has 0 bridgehead atoms. The fraction of sp³-hybridized carbons (Fsp3) is 0.357. The second-order valence-corrected chi connectivity index (χ2v) is 5.23. The summed E-state index contributed by atoms with van der Waals surface area (Å²) in [5.74, 6) is -5.23.